The van der Waals surface area contributed by atoms with Crippen molar-refractivity contribution in [3.63, 3.8) is 0 Å². The number of carbonyl (C=O) groups excluding carboxylic acids is 1. The number of halogens is 2. The topological polar surface area (TPSA) is 71.8 Å². The maximum atomic E-state index is 11.8. The second kappa shape index (κ2) is 5.83. The maximum absolute atomic E-state index is 11.8. The standard InChI is InChI=1S/C16H11Cl2N3O/c17-10-3-4-12(14(18)7-10)13(15(19)22)6-9-8-21-16-11(9)2-1-5-20-16/h1-8H,(H2,19,22)(H,20,21). The number of nitrogens with zero attached hydrogens (tertiary/aromatic N) is 1. The number of primary amides is 1. The highest BCUT2D eigenvalue weighted by molar-refractivity contribution is 6.38. The number of carbonyl (C=O) groups is 1. The number of benzene rings is 1. The van der Waals surface area contributed by atoms with E-state index < -0.39 is 5.91 Å². The van der Waals surface area contributed by atoms with Crippen LogP contribution in [0.5, 0.6) is 0 Å². The molecule has 0 saturated carbocycles. The second-order valence-electron chi connectivity index (χ2n) is 4.69. The molecule has 0 saturated heterocycles. The SMILES string of the molecule is NC(=O)C(=Cc1c[nH]c2ncccc12)c1ccc(Cl)cc1Cl. The van der Waals surface area contributed by atoms with Crippen molar-refractivity contribution in [3.8, 4) is 0 Å². The average Bonchev–Trinajstić information content (AvgIpc) is 2.88. The molecule has 0 unspecified atom stereocenters. The minimum atomic E-state index is -0.567. The first-order chi connectivity index (χ1) is 10.6. The predicted molar refractivity (Wildman–Crippen MR) is 89.6 cm³/mol. The van der Waals surface area contributed by atoms with Gasteiger partial charge in [0.15, 0.2) is 0 Å². The number of fused-ring (bicyclic) bond motifs is 1. The Labute approximate surface area is 136 Å². The summed E-state index contributed by atoms with van der Waals surface area (Å²) in [5, 5.41) is 1.76. The minimum Gasteiger partial charge on any atom is -0.366 e. The molecule has 0 aliphatic rings. The van der Waals surface area contributed by atoms with Gasteiger partial charge in [-0.2, -0.15) is 0 Å². The molecule has 0 atom stereocenters. The summed E-state index contributed by atoms with van der Waals surface area (Å²) in [6.45, 7) is 0. The first-order valence-electron chi connectivity index (χ1n) is 6.45. The van der Waals surface area contributed by atoms with Gasteiger partial charge in [0.05, 0.1) is 5.02 Å². The molecule has 1 aromatic carbocycles. The quantitative estimate of drug-likeness (QED) is 0.714. The summed E-state index contributed by atoms with van der Waals surface area (Å²) in [6.07, 6.45) is 5.15. The van der Waals surface area contributed by atoms with Crippen LogP contribution in [0.2, 0.25) is 10.0 Å². The van der Waals surface area contributed by atoms with Crippen LogP contribution in [0.4, 0.5) is 0 Å². The van der Waals surface area contributed by atoms with E-state index in [4.69, 9.17) is 28.9 Å². The lowest BCUT2D eigenvalue weighted by molar-refractivity contribution is -0.112. The van der Waals surface area contributed by atoms with Crippen LogP contribution in [0.25, 0.3) is 22.7 Å². The molecule has 0 aliphatic heterocycles. The van der Waals surface area contributed by atoms with Crippen LogP contribution in [-0.4, -0.2) is 15.9 Å². The summed E-state index contributed by atoms with van der Waals surface area (Å²) < 4.78 is 0. The van der Waals surface area contributed by atoms with Crippen LogP contribution in [0.3, 0.4) is 0 Å². The highest BCUT2D eigenvalue weighted by Crippen LogP contribution is 2.29. The zero-order valence-electron chi connectivity index (χ0n) is 11.3. The number of aromatic nitrogens is 2. The van der Waals surface area contributed by atoms with Crippen molar-refractivity contribution >= 4 is 51.8 Å². The van der Waals surface area contributed by atoms with Crippen LogP contribution < -0.4 is 5.73 Å². The predicted octanol–water partition coefficient (Wildman–Crippen LogP) is 3.90. The van der Waals surface area contributed by atoms with E-state index in [1.54, 1.807) is 36.7 Å². The number of H-pyrrole nitrogens is 1. The van der Waals surface area contributed by atoms with Gasteiger partial charge < -0.3 is 10.7 Å². The van der Waals surface area contributed by atoms with Crippen LogP contribution in [0.1, 0.15) is 11.1 Å². The minimum absolute atomic E-state index is 0.311. The average molecular weight is 332 g/mol. The van der Waals surface area contributed by atoms with Gasteiger partial charge in [-0.05, 0) is 30.3 Å². The molecule has 2 aromatic heterocycles. The molecule has 1 amide bonds. The van der Waals surface area contributed by atoms with Gasteiger partial charge in [0.1, 0.15) is 5.65 Å². The fourth-order valence-electron chi connectivity index (χ4n) is 2.24. The van der Waals surface area contributed by atoms with E-state index in [0.717, 1.165) is 16.6 Å². The Morgan fingerprint density at radius 3 is 2.82 bits per heavy atom. The van der Waals surface area contributed by atoms with Crippen molar-refractivity contribution in [2.45, 2.75) is 0 Å². The van der Waals surface area contributed by atoms with Crippen molar-refractivity contribution in [1.29, 1.82) is 0 Å². The Morgan fingerprint density at radius 2 is 2.09 bits per heavy atom. The lowest BCUT2D eigenvalue weighted by atomic mass is 10.0. The third-order valence-electron chi connectivity index (χ3n) is 3.27. The monoisotopic (exact) mass is 331 g/mol. The van der Waals surface area contributed by atoms with Crippen molar-refractivity contribution < 1.29 is 4.79 Å². The lowest BCUT2D eigenvalue weighted by Crippen LogP contribution is -2.13. The van der Waals surface area contributed by atoms with Crippen LogP contribution in [0, 0.1) is 0 Å². The third kappa shape index (κ3) is 2.71. The molecule has 110 valence electrons. The lowest BCUT2D eigenvalue weighted by Gasteiger charge is -2.07. The van der Waals surface area contributed by atoms with Crippen LogP contribution in [0.15, 0.2) is 42.7 Å². The molecular weight excluding hydrogens is 321 g/mol. The number of rotatable bonds is 3. The van der Waals surface area contributed by atoms with E-state index in [0.29, 0.717) is 21.2 Å². The summed E-state index contributed by atoms with van der Waals surface area (Å²) in [5.74, 6) is -0.567. The number of nitrogens with two attached hydrogens (primary N) is 1. The molecule has 0 fully saturated rings. The largest absolute Gasteiger partial charge is 0.366 e. The highest BCUT2D eigenvalue weighted by atomic mass is 35.5. The maximum Gasteiger partial charge on any atom is 0.249 e. The van der Waals surface area contributed by atoms with Crippen molar-refractivity contribution in [2.24, 2.45) is 5.73 Å². The van der Waals surface area contributed by atoms with E-state index in [1.807, 2.05) is 12.1 Å². The van der Waals surface area contributed by atoms with Crippen LogP contribution in [-0.2, 0) is 4.79 Å². The fourth-order valence-corrected chi connectivity index (χ4v) is 2.75. The van der Waals surface area contributed by atoms with Gasteiger partial charge in [0.25, 0.3) is 0 Å². The van der Waals surface area contributed by atoms with Gasteiger partial charge >= 0.3 is 0 Å². The van der Waals surface area contributed by atoms with E-state index >= 15 is 0 Å². The van der Waals surface area contributed by atoms with Crippen molar-refractivity contribution in [1.82, 2.24) is 9.97 Å². The Kier molecular flexibility index (Phi) is 3.88. The van der Waals surface area contributed by atoms with Gasteiger partial charge in [0.2, 0.25) is 5.91 Å². The number of nitrogens with one attached hydrogen (secondary N) is 1. The first kappa shape index (κ1) is 14.6. The van der Waals surface area contributed by atoms with E-state index in [9.17, 15) is 4.79 Å². The van der Waals surface area contributed by atoms with Gasteiger partial charge in [-0.15, -0.1) is 0 Å². The number of hydrogen-bond donors (Lipinski definition) is 2. The summed E-state index contributed by atoms with van der Waals surface area (Å²) in [6, 6.07) is 8.65. The first-order valence-corrected chi connectivity index (χ1v) is 7.21. The molecule has 0 aliphatic carbocycles. The summed E-state index contributed by atoms with van der Waals surface area (Å²) in [5.41, 5.74) is 7.91. The molecular formula is C16H11Cl2N3O. The normalized spacial score (nSPS) is 11.8. The molecule has 3 N–H and O–H groups in total. The van der Waals surface area contributed by atoms with Crippen molar-refractivity contribution in [2.75, 3.05) is 0 Å². The number of amides is 1. The van der Waals surface area contributed by atoms with Gasteiger partial charge in [-0.1, -0.05) is 29.3 Å². The Morgan fingerprint density at radius 1 is 1.27 bits per heavy atom. The molecule has 3 rings (SSSR count). The summed E-state index contributed by atoms with van der Waals surface area (Å²) >= 11 is 12.1. The van der Waals surface area contributed by atoms with E-state index in [1.165, 1.54) is 0 Å². The van der Waals surface area contributed by atoms with E-state index in [-0.39, 0.29) is 0 Å². The molecule has 4 nitrogen and oxygen atoms in total. The molecule has 0 bridgehead atoms. The van der Waals surface area contributed by atoms with Gasteiger partial charge in [-0.25, -0.2) is 4.98 Å². The number of aromatic amines is 1. The zero-order chi connectivity index (χ0) is 15.7. The Bertz CT molecular complexity index is 899. The molecule has 0 radical (unpaired) electrons. The molecule has 3 aromatic rings. The van der Waals surface area contributed by atoms with Gasteiger partial charge in [-0.3, -0.25) is 4.79 Å². The molecule has 2 heterocycles. The fraction of sp³-hybridized carbons (Fsp3) is 0. The molecule has 22 heavy (non-hydrogen) atoms. The second-order valence-corrected chi connectivity index (χ2v) is 5.53. The number of pyridine rings is 1. The number of hydrogen-bond acceptors (Lipinski definition) is 2. The van der Waals surface area contributed by atoms with Crippen molar-refractivity contribution in [3.05, 3.63) is 63.9 Å². The Hall–Kier alpha value is -2.30. The van der Waals surface area contributed by atoms with Crippen LogP contribution >= 0.6 is 23.2 Å². The van der Waals surface area contributed by atoms with E-state index in [2.05, 4.69) is 9.97 Å². The highest BCUT2D eigenvalue weighted by Gasteiger charge is 2.14. The Balaban J connectivity index is 2.17. The molecule has 0 spiro atoms. The summed E-state index contributed by atoms with van der Waals surface area (Å²) in [4.78, 5) is 19.1. The summed E-state index contributed by atoms with van der Waals surface area (Å²) in [7, 11) is 0. The third-order valence-corrected chi connectivity index (χ3v) is 3.82. The zero-order valence-corrected chi connectivity index (χ0v) is 12.8. The molecule has 6 heteroatoms. The van der Waals surface area contributed by atoms with Gasteiger partial charge in [0, 0.05) is 39.5 Å². The smallest absolute Gasteiger partial charge is 0.249 e.